The minimum atomic E-state index is -1.31. The van der Waals surface area contributed by atoms with Gasteiger partial charge in [-0.1, -0.05) is 0 Å². The van der Waals surface area contributed by atoms with Crippen LogP contribution in [-0.2, 0) is 20.9 Å². The van der Waals surface area contributed by atoms with Crippen molar-refractivity contribution < 1.29 is 24.4 Å². The second-order valence-electron chi connectivity index (χ2n) is 3.74. The van der Waals surface area contributed by atoms with Crippen LogP contribution in [0.3, 0.4) is 0 Å². The molecule has 0 bridgehead atoms. The van der Waals surface area contributed by atoms with Crippen molar-refractivity contribution in [2.24, 2.45) is 5.73 Å². The Morgan fingerprint density at radius 2 is 2.10 bits per heavy atom. The Labute approximate surface area is 111 Å². The summed E-state index contributed by atoms with van der Waals surface area (Å²) < 4.78 is 0.969. The maximum absolute atomic E-state index is 11.8. The number of rotatable bonds is 7. The Morgan fingerprint density at radius 3 is 2.55 bits per heavy atom. The summed E-state index contributed by atoms with van der Waals surface area (Å²) in [7, 11) is 0. The smallest absolute Gasteiger partial charge is 0.389 e. The fourth-order valence-electron chi connectivity index (χ4n) is 1.36. The summed E-state index contributed by atoms with van der Waals surface area (Å²) in [6, 6.07) is 1.09. The van der Waals surface area contributed by atoms with E-state index >= 15 is 0 Å². The monoisotopic (exact) mass is 285 g/mol. The quantitative estimate of drug-likeness (QED) is 0.440. The van der Waals surface area contributed by atoms with Crippen LogP contribution in [-0.4, -0.2) is 55.6 Å². The van der Waals surface area contributed by atoms with Gasteiger partial charge in [-0.25, -0.2) is 0 Å². The predicted octanol–water partition coefficient (Wildman–Crippen LogP) is -1.81. The number of hydrogen-bond donors (Lipinski definition) is 2. The highest BCUT2D eigenvalue weighted by atomic mass is 16.6. The zero-order valence-corrected chi connectivity index (χ0v) is 10.1. The fraction of sp³-hybridized carbons (Fsp3) is 0.333. The molecule has 0 atom stereocenters. The van der Waals surface area contributed by atoms with Crippen molar-refractivity contribution >= 4 is 23.6 Å². The number of amides is 2. The summed E-state index contributed by atoms with van der Waals surface area (Å²) in [6.07, 6.45) is 1.19. The topological polar surface area (TPSA) is 162 Å². The van der Waals surface area contributed by atoms with Gasteiger partial charge in [0, 0.05) is 0 Å². The van der Waals surface area contributed by atoms with Crippen LogP contribution in [0.5, 0.6) is 0 Å². The molecule has 11 nitrogen and oxygen atoms in total. The lowest BCUT2D eigenvalue weighted by Crippen LogP contribution is -2.43. The molecule has 108 valence electrons. The van der Waals surface area contributed by atoms with Crippen molar-refractivity contribution in [3.8, 4) is 0 Å². The number of carbonyl (C=O) groups is 3. The van der Waals surface area contributed by atoms with Gasteiger partial charge in [0.05, 0.1) is 23.9 Å². The summed E-state index contributed by atoms with van der Waals surface area (Å²) in [4.78, 5) is 43.5. The highest BCUT2D eigenvalue weighted by Gasteiger charge is 2.21. The SMILES string of the molecule is NC(=O)CN(CC(=O)O)C(=O)Cn1ccc([N+](=O)[O-])n1. The van der Waals surface area contributed by atoms with Gasteiger partial charge in [0.15, 0.2) is 0 Å². The van der Waals surface area contributed by atoms with Crippen molar-refractivity contribution in [1.29, 1.82) is 0 Å². The molecule has 0 spiro atoms. The second kappa shape index (κ2) is 6.26. The Balaban J connectivity index is 2.75. The minimum absolute atomic E-state index is 0.436. The van der Waals surface area contributed by atoms with Gasteiger partial charge in [-0.05, 0) is 4.92 Å². The number of aromatic nitrogens is 2. The molecule has 0 aliphatic carbocycles. The second-order valence-corrected chi connectivity index (χ2v) is 3.74. The lowest BCUT2D eigenvalue weighted by molar-refractivity contribution is -0.389. The molecule has 11 heteroatoms. The zero-order chi connectivity index (χ0) is 15.3. The third-order valence-electron chi connectivity index (χ3n) is 2.14. The molecule has 0 saturated heterocycles. The molecule has 2 amide bonds. The molecule has 0 unspecified atom stereocenters. The van der Waals surface area contributed by atoms with Gasteiger partial charge < -0.3 is 25.9 Å². The highest BCUT2D eigenvalue weighted by Crippen LogP contribution is 2.05. The van der Waals surface area contributed by atoms with Gasteiger partial charge in [0.25, 0.3) is 0 Å². The number of carboxylic acid groups (broad SMARTS) is 1. The van der Waals surface area contributed by atoms with Crippen LogP contribution in [0.2, 0.25) is 0 Å². The molecule has 0 radical (unpaired) electrons. The summed E-state index contributed by atoms with van der Waals surface area (Å²) in [5.74, 6) is -3.38. The van der Waals surface area contributed by atoms with E-state index in [1.807, 2.05) is 0 Å². The molecule has 0 aliphatic heterocycles. The van der Waals surface area contributed by atoms with E-state index in [9.17, 15) is 24.5 Å². The van der Waals surface area contributed by atoms with E-state index in [2.05, 4.69) is 5.10 Å². The van der Waals surface area contributed by atoms with E-state index in [4.69, 9.17) is 10.8 Å². The number of nitrogens with two attached hydrogens (primary N) is 1. The lowest BCUT2D eigenvalue weighted by Gasteiger charge is -2.17. The largest absolute Gasteiger partial charge is 0.480 e. The van der Waals surface area contributed by atoms with Gasteiger partial charge in [-0.2, -0.15) is 4.68 Å². The average Bonchev–Trinajstić information content (AvgIpc) is 2.75. The molecule has 0 fully saturated rings. The summed E-state index contributed by atoms with van der Waals surface area (Å²) >= 11 is 0. The van der Waals surface area contributed by atoms with Gasteiger partial charge >= 0.3 is 11.8 Å². The number of hydrogen-bond acceptors (Lipinski definition) is 6. The number of carbonyl (C=O) groups excluding carboxylic acids is 2. The van der Waals surface area contributed by atoms with Gasteiger partial charge in [0.2, 0.25) is 11.8 Å². The van der Waals surface area contributed by atoms with E-state index in [0.717, 1.165) is 15.6 Å². The van der Waals surface area contributed by atoms with Crippen LogP contribution < -0.4 is 5.73 Å². The van der Waals surface area contributed by atoms with Gasteiger partial charge in [-0.15, -0.1) is 0 Å². The number of nitro groups is 1. The summed E-state index contributed by atoms with van der Waals surface area (Å²) in [5.41, 5.74) is 4.91. The van der Waals surface area contributed by atoms with Crippen molar-refractivity contribution in [1.82, 2.24) is 14.7 Å². The predicted molar refractivity (Wildman–Crippen MR) is 62.3 cm³/mol. The third-order valence-corrected chi connectivity index (χ3v) is 2.14. The number of primary amides is 1. The molecular weight excluding hydrogens is 274 g/mol. The normalized spacial score (nSPS) is 10.0. The molecule has 0 saturated carbocycles. The average molecular weight is 285 g/mol. The standard InChI is InChI=1S/C9H11N5O6/c10-6(15)3-12(5-9(17)18)8(16)4-13-2-1-7(11-13)14(19)20/h1-2H,3-5H2,(H2,10,15)(H,17,18). The first kappa shape index (κ1) is 15.1. The molecule has 1 rings (SSSR count). The number of nitrogens with zero attached hydrogens (tertiary/aromatic N) is 4. The first-order chi connectivity index (χ1) is 9.29. The van der Waals surface area contributed by atoms with E-state index in [0.29, 0.717) is 0 Å². The van der Waals surface area contributed by atoms with Gasteiger partial charge in [-0.3, -0.25) is 14.4 Å². The summed E-state index contributed by atoms with van der Waals surface area (Å²) in [5, 5.41) is 22.5. The van der Waals surface area contributed by atoms with Crippen LogP contribution in [0, 0.1) is 10.1 Å². The van der Waals surface area contributed by atoms with Crippen LogP contribution in [0.4, 0.5) is 5.82 Å². The lowest BCUT2D eigenvalue weighted by atomic mass is 10.4. The fourth-order valence-corrected chi connectivity index (χ4v) is 1.36. The molecule has 3 N–H and O–H groups in total. The van der Waals surface area contributed by atoms with Crippen molar-refractivity contribution in [3.05, 3.63) is 22.4 Å². The van der Waals surface area contributed by atoms with Crippen LogP contribution in [0.25, 0.3) is 0 Å². The molecular formula is C9H11N5O6. The Morgan fingerprint density at radius 1 is 1.45 bits per heavy atom. The molecule has 20 heavy (non-hydrogen) atoms. The van der Waals surface area contributed by atoms with Crippen LogP contribution in [0.1, 0.15) is 0 Å². The molecule has 1 aromatic heterocycles. The highest BCUT2D eigenvalue weighted by molar-refractivity contribution is 5.86. The van der Waals surface area contributed by atoms with Crippen molar-refractivity contribution in [2.45, 2.75) is 6.54 Å². The zero-order valence-electron chi connectivity index (χ0n) is 10.1. The molecule has 0 aliphatic rings. The minimum Gasteiger partial charge on any atom is -0.480 e. The maximum Gasteiger partial charge on any atom is 0.389 e. The van der Waals surface area contributed by atoms with E-state index < -0.39 is 48.2 Å². The molecule has 1 heterocycles. The van der Waals surface area contributed by atoms with Crippen LogP contribution >= 0.6 is 0 Å². The Hall–Kier alpha value is -2.98. The number of carboxylic acids is 1. The van der Waals surface area contributed by atoms with Crippen molar-refractivity contribution in [2.75, 3.05) is 13.1 Å². The number of aliphatic carboxylic acids is 1. The van der Waals surface area contributed by atoms with E-state index in [1.165, 1.54) is 6.20 Å². The molecule has 0 aromatic carbocycles. The third kappa shape index (κ3) is 4.36. The Kier molecular flexibility index (Phi) is 4.72. The van der Waals surface area contributed by atoms with E-state index in [1.54, 1.807) is 0 Å². The van der Waals surface area contributed by atoms with Gasteiger partial charge in [0.1, 0.15) is 13.1 Å². The Bertz CT molecular complexity index is 537. The first-order valence-electron chi connectivity index (χ1n) is 5.25. The summed E-state index contributed by atoms with van der Waals surface area (Å²) in [6.45, 7) is -1.70. The molecule has 1 aromatic rings. The maximum atomic E-state index is 11.8. The first-order valence-corrected chi connectivity index (χ1v) is 5.25. The van der Waals surface area contributed by atoms with Crippen LogP contribution in [0.15, 0.2) is 12.3 Å². The van der Waals surface area contributed by atoms with E-state index in [-0.39, 0.29) is 0 Å². The van der Waals surface area contributed by atoms with Crippen molar-refractivity contribution in [3.63, 3.8) is 0 Å².